The van der Waals surface area contributed by atoms with E-state index in [0.29, 0.717) is 25.0 Å². The maximum atomic E-state index is 14.0. The van der Waals surface area contributed by atoms with Crippen molar-refractivity contribution in [1.82, 2.24) is 39.7 Å². The van der Waals surface area contributed by atoms with E-state index in [1.165, 1.54) is 23.2 Å². The minimum atomic E-state index is -5.26. The Morgan fingerprint density at radius 1 is 1.00 bits per heavy atom. The SMILES string of the molecule is CC(C)(C)OC(=O)N[C@@H](CCCCNC(=O)CCSSC(C)(C)C)C(=O)O[C@H]1[C@@H](O)[C@H](n2cnc3c(N)ncnc32)O[C@@H]1COP(=O)(O)O[C@H]1C[C@H](n2ccc(N)nc2=O)O[C@@H]1COP(=O)(O)O. The Bertz CT molecular complexity index is 2380. The van der Waals surface area contributed by atoms with E-state index in [2.05, 4.69) is 55.9 Å². The van der Waals surface area contributed by atoms with Crippen molar-refractivity contribution in [3.8, 4) is 0 Å². The van der Waals surface area contributed by atoms with Gasteiger partial charge in [-0.2, -0.15) is 4.98 Å². The number of carbonyl (C=O) groups excluding carboxylic acids is 3. The van der Waals surface area contributed by atoms with E-state index in [0.717, 1.165) is 10.9 Å². The lowest BCUT2D eigenvalue weighted by molar-refractivity contribution is -0.159. The van der Waals surface area contributed by atoms with E-state index < -0.39 is 101 Å². The molecule has 0 spiro atoms. The molecule has 68 heavy (non-hydrogen) atoms. The summed E-state index contributed by atoms with van der Waals surface area (Å²) in [6.07, 6.45) is -7.40. The molecule has 2 saturated heterocycles. The van der Waals surface area contributed by atoms with Crippen molar-refractivity contribution in [1.29, 1.82) is 0 Å². The third-order valence-corrected chi connectivity index (χ3v) is 14.4. The number of unbranched alkanes of at least 4 members (excludes halogenated alkanes) is 1. The lowest BCUT2D eigenvalue weighted by Gasteiger charge is -2.26. The fraction of sp³-hybridized carbons (Fsp3) is 0.676. The first-order chi connectivity index (χ1) is 31.7. The highest BCUT2D eigenvalue weighted by molar-refractivity contribution is 8.77. The normalized spacial score (nSPS) is 23.5. The van der Waals surface area contributed by atoms with Crippen LogP contribution in [-0.2, 0) is 51.2 Å². The zero-order valence-corrected chi connectivity index (χ0v) is 41.4. The standard InChI is InChI=1S/C37H58N10O17P2S2/c1-36(2,3)63-35(52)44-20(9-7-8-12-40-25(48)11-14-67-68-37(4,5)6)33(50)62-29-23(61-32(28(29)49)47-19-43-27-30(39)41-18-42-31(27)47)17-59-66(56,57)64-21-15-26(46-13-10-24(38)45-34(46)51)60-22(21)16-58-65(53,54)55/h10,13,18-23,26,28-29,32,49H,7-9,11-12,14-17H2,1-6H3,(H,40,48)(H,44,52)(H,56,57)(H2,38,45,51)(H2,39,41,42)(H2,53,54,55)/t20-,21-,22+,23+,26+,28+,29+,32+/m0/s1. The van der Waals surface area contributed by atoms with Crippen LogP contribution in [0.4, 0.5) is 16.4 Å². The molecule has 5 rings (SSSR count). The number of nitrogens with zero attached hydrogens (tertiary/aromatic N) is 6. The first-order valence-electron chi connectivity index (χ1n) is 21.1. The van der Waals surface area contributed by atoms with E-state index in [-0.39, 0.29) is 52.8 Å². The second kappa shape index (κ2) is 23.3. The van der Waals surface area contributed by atoms with Crippen LogP contribution in [0.3, 0.4) is 0 Å². The minimum Gasteiger partial charge on any atom is -0.455 e. The Kier molecular flexibility index (Phi) is 18.8. The van der Waals surface area contributed by atoms with Gasteiger partial charge >= 0.3 is 33.4 Å². The molecule has 2 aliphatic heterocycles. The lowest BCUT2D eigenvalue weighted by atomic mass is 10.1. The summed E-state index contributed by atoms with van der Waals surface area (Å²) in [6, 6.07) is -0.103. The summed E-state index contributed by atoms with van der Waals surface area (Å²) in [4.78, 5) is 97.6. The first-order valence-corrected chi connectivity index (χ1v) is 26.4. The number of hydrogen-bond donors (Lipinski definition) is 8. The van der Waals surface area contributed by atoms with Gasteiger partial charge in [-0.15, -0.1) is 0 Å². The number of amides is 2. The number of nitrogens with one attached hydrogen (secondary N) is 2. The summed E-state index contributed by atoms with van der Waals surface area (Å²) in [5.41, 5.74) is 9.96. The number of carbonyl (C=O) groups is 3. The molecule has 0 radical (unpaired) electrons. The van der Waals surface area contributed by atoms with Crippen molar-refractivity contribution in [3.63, 3.8) is 0 Å². The third-order valence-electron chi connectivity index (χ3n) is 9.58. The highest BCUT2D eigenvalue weighted by atomic mass is 33.1. The maximum absolute atomic E-state index is 14.0. The Hall–Kier alpha value is -3.96. The first kappa shape index (κ1) is 55.0. The van der Waals surface area contributed by atoms with Crippen molar-refractivity contribution < 1.29 is 75.8 Å². The van der Waals surface area contributed by atoms with E-state index in [1.54, 1.807) is 42.4 Å². The van der Waals surface area contributed by atoms with Crippen LogP contribution in [0.1, 0.15) is 86.1 Å². The molecule has 10 N–H and O–H groups in total. The second-order valence-electron chi connectivity index (χ2n) is 17.5. The van der Waals surface area contributed by atoms with E-state index >= 15 is 0 Å². The Morgan fingerprint density at radius 3 is 2.40 bits per heavy atom. The van der Waals surface area contributed by atoms with Crippen molar-refractivity contribution >= 4 is 78.0 Å². The molecule has 0 bridgehead atoms. The number of ether oxygens (including phenoxy) is 4. The van der Waals surface area contributed by atoms with E-state index in [4.69, 9.17) is 39.5 Å². The monoisotopic (exact) mass is 1040 g/mol. The molecule has 3 aromatic rings. The van der Waals surface area contributed by atoms with Gasteiger partial charge in [-0.3, -0.25) is 27.5 Å². The maximum Gasteiger partial charge on any atom is 0.472 e. The van der Waals surface area contributed by atoms with E-state index in [1.807, 2.05) is 0 Å². The van der Waals surface area contributed by atoms with Crippen LogP contribution >= 0.6 is 37.2 Å². The number of esters is 1. The smallest absolute Gasteiger partial charge is 0.455 e. The Labute approximate surface area is 397 Å². The largest absolute Gasteiger partial charge is 0.472 e. The van der Waals surface area contributed by atoms with Crippen LogP contribution in [0.25, 0.3) is 11.2 Å². The number of hydrogen-bond acceptors (Lipinski definition) is 22. The number of aliphatic hydroxyl groups is 1. The molecule has 0 aromatic carbocycles. The molecule has 2 fully saturated rings. The predicted octanol–water partition coefficient (Wildman–Crippen LogP) is 2.07. The zero-order valence-electron chi connectivity index (χ0n) is 37.9. The quantitative estimate of drug-likeness (QED) is 0.0309. The Balaban J connectivity index is 1.32. The fourth-order valence-corrected chi connectivity index (χ4v) is 10.2. The topological polar surface area (TPSA) is 385 Å². The lowest BCUT2D eigenvalue weighted by Crippen LogP contribution is -2.47. The molecule has 3 aromatic heterocycles. The predicted molar refractivity (Wildman–Crippen MR) is 244 cm³/mol. The summed E-state index contributed by atoms with van der Waals surface area (Å²) < 4.78 is 65.8. The van der Waals surface area contributed by atoms with Gasteiger partial charge in [0.05, 0.1) is 19.5 Å². The van der Waals surface area contributed by atoms with Crippen molar-refractivity contribution in [2.45, 2.75) is 133 Å². The summed E-state index contributed by atoms with van der Waals surface area (Å²) in [6.45, 7) is 9.59. The molecular formula is C37H58N10O17P2S2. The van der Waals surface area contributed by atoms with Gasteiger partial charge in [-0.25, -0.2) is 38.5 Å². The number of nitrogen functional groups attached to an aromatic ring is 2. The fourth-order valence-electron chi connectivity index (χ4n) is 6.66. The minimum absolute atomic E-state index is 0.00699. The number of rotatable bonds is 22. The number of anilines is 2. The summed E-state index contributed by atoms with van der Waals surface area (Å²) in [7, 11) is -7.07. The van der Waals surface area contributed by atoms with Crippen LogP contribution < -0.4 is 27.8 Å². The van der Waals surface area contributed by atoms with Gasteiger partial charge in [0.25, 0.3) is 0 Å². The van der Waals surface area contributed by atoms with Crippen LogP contribution in [0, 0.1) is 0 Å². The van der Waals surface area contributed by atoms with Gasteiger partial charge < -0.3 is 60.8 Å². The third kappa shape index (κ3) is 16.6. The molecular weight excluding hydrogens is 983 g/mol. The zero-order chi connectivity index (χ0) is 50.2. The van der Waals surface area contributed by atoms with Crippen LogP contribution in [0.5, 0.6) is 0 Å². The van der Waals surface area contributed by atoms with Gasteiger partial charge in [0.1, 0.15) is 59.9 Å². The molecule has 0 saturated carbocycles. The van der Waals surface area contributed by atoms with Crippen LogP contribution in [-0.4, -0.2) is 139 Å². The number of alkyl carbamates (subject to hydrolysis) is 1. The molecule has 380 valence electrons. The number of phosphoric acid groups is 2. The van der Waals surface area contributed by atoms with Crippen LogP contribution in [0.2, 0.25) is 0 Å². The van der Waals surface area contributed by atoms with E-state index in [9.17, 15) is 48.1 Å². The van der Waals surface area contributed by atoms with Crippen molar-refractivity contribution in [2.75, 3.05) is 37.0 Å². The number of aromatic nitrogens is 6. The number of aliphatic hydroxyl groups excluding tert-OH is 1. The molecule has 1 unspecified atom stereocenters. The second-order valence-corrected chi connectivity index (χ2v) is 23.3. The summed E-state index contributed by atoms with van der Waals surface area (Å²) in [5, 5.41) is 17.1. The molecule has 2 aliphatic rings. The molecule has 31 heteroatoms. The summed E-state index contributed by atoms with van der Waals surface area (Å²) in [5.74, 6) is -0.710. The van der Waals surface area contributed by atoms with Crippen molar-refractivity contribution in [3.05, 3.63) is 35.4 Å². The molecule has 27 nitrogen and oxygen atoms in total. The highest BCUT2D eigenvalue weighted by Gasteiger charge is 2.50. The van der Waals surface area contributed by atoms with Crippen LogP contribution in [0.15, 0.2) is 29.7 Å². The van der Waals surface area contributed by atoms with Gasteiger partial charge in [-0.1, -0.05) is 42.4 Å². The van der Waals surface area contributed by atoms with Gasteiger partial charge in [0.2, 0.25) is 5.91 Å². The Morgan fingerprint density at radius 2 is 1.72 bits per heavy atom. The average Bonchev–Trinajstić information content (AvgIpc) is 3.91. The average molecular weight is 1040 g/mol. The number of nitrogens with two attached hydrogens (primary N) is 2. The molecule has 9 atom stereocenters. The number of phosphoric ester groups is 2. The highest BCUT2D eigenvalue weighted by Crippen LogP contribution is 2.50. The number of fused-ring (bicyclic) bond motifs is 1. The van der Waals surface area contributed by atoms with Gasteiger partial charge in [-0.05, 0) is 46.1 Å². The summed E-state index contributed by atoms with van der Waals surface area (Å²) >= 11 is 0. The molecule has 5 heterocycles. The molecule has 2 amide bonds. The van der Waals surface area contributed by atoms with Gasteiger partial charge in [0.15, 0.2) is 23.8 Å². The molecule has 0 aliphatic carbocycles. The van der Waals surface area contributed by atoms with Gasteiger partial charge in [0, 0.05) is 36.1 Å². The number of imidazole rings is 1. The van der Waals surface area contributed by atoms with Crippen molar-refractivity contribution in [2.24, 2.45) is 0 Å².